The minimum atomic E-state index is -1.25. The molecule has 50 heavy (non-hydrogen) atoms. The van der Waals surface area contributed by atoms with Gasteiger partial charge in [-0.05, 0) is 7.05 Å². The van der Waals surface area contributed by atoms with E-state index in [-0.39, 0.29) is 25.5 Å². The molecule has 0 aliphatic heterocycles. The van der Waals surface area contributed by atoms with Gasteiger partial charge in [-0.1, -0.05) is 13.8 Å². The molecule has 0 aromatic heterocycles. The highest BCUT2D eigenvalue weighted by molar-refractivity contribution is 5.93. The van der Waals surface area contributed by atoms with Crippen LogP contribution in [0.3, 0.4) is 0 Å². The monoisotopic (exact) mass is 716 g/mol. The first-order chi connectivity index (χ1) is 23.3. The van der Waals surface area contributed by atoms with Crippen LogP contribution in [0.5, 0.6) is 0 Å². The zero-order valence-corrected chi connectivity index (χ0v) is 30.3. The Morgan fingerprint density at radius 2 is 0.640 bits per heavy atom. The molecule has 0 bridgehead atoms. The summed E-state index contributed by atoms with van der Waals surface area (Å²) in [6.45, 7) is 0.0926. The molecule has 9 amide bonds. The van der Waals surface area contributed by atoms with Crippen LogP contribution >= 0.6 is 0 Å². The summed E-state index contributed by atoms with van der Waals surface area (Å²) < 4.78 is 0. The number of carboxylic acids is 1. The number of rotatable bonds is 20. The van der Waals surface area contributed by atoms with Crippen molar-refractivity contribution in [1.29, 1.82) is 0 Å². The zero-order chi connectivity index (χ0) is 39.1. The number of amides is 9. The van der Waals surface area contributed by atoms with E-state index in [0.29, 0.717) is 0 Å². The van der Waals surface area contributed by atoms with Crippen molar-refractivity contribution < 1.29 is 53.1 Å². The van der Waals surface area contributed by atoms with Gasteiger partial charge in [0, 0.05) is 42.3 Å². The Morgan fingerprint density at radius 1 is 0.400 bits per heavy atom. The molecule has 0 saturated carbocycles. The maximum absolute atomic E-state index is 12.5. The Hall–Kier alpha value is -5.34. The molecule has 0 saturated heterocycles. The van der Waals surface area contributed by atoms with E-state index < -0.39 is 99.0 Å². The highest BCUT2D eigenvalue weighted by Crippen LogP contribution is 1.94. The molecule has 0 fully saturated rings. The van der Waals surface area contributed by atoms with Crippen LogP contribution in [0.25, 0.3) is 0 Å². The van der Waals surface area contributed by atoms with Crippen LogP contribution in [-0.4, -0.2) is 208 Å². The maximum atomic E-state index is 12.5. The standard InChI is InChI=1S/C27H46N10O11.C2H6/c1-28-8-21(41)35(5)15-24(44)32(2)12-18(38)29-9-22(42)36(6)16-25(45)33(3)13-19(39)30-10-23(43)37(7)17-26(46)34(4)14-20(40)31-11-27(47)48;1-2/h28H,8-17H2,1-7H3,(H,29,38)(H,30,39)(H,31,40)(H,47,48);1-2H3. The van der Waals surface area contributed by atoms with Crippen LogP contribution in [0.4, 0.5) is 0 Å². The van der Waals surface area contributed by atoms with E-state index >= 15 is 0 Å². The first-order valence-electron chi connectivity index (χ1n) is 15.4. The van der Waals surface area contributed by atoms with Crippen molar-refractivity contribution in [3.63, 3.8) is 0 Å². The van der Waals surface area contributed by atoms with E-state index in [1.54, 1.807) is 7.05 Å². The fourth-order valence-electron chi connectivity index (χ4n) is 3.39. The van der Waals surface area contributed by atoms with E-state index in [9.17, 15) is 47.9 Å². The van der Waals surface area contributed by atoms with Crippen LogP contribution in [0, 0.1) is 0 Å². The molecule has 0 rings (SSSR count). The van der Waals surface area contributed by atoms with E-state index in [0.717, 1.165) is 24.5 Å². The third-order valence-electron chi connectivity index (χ3n) is 6.45. The van der Waals surface area contributed by atoms with E-state index in [1.807, 2.05) is 13.8 Å². The maximum Gasteiger partial charge on any atom is 0.322 e. The summed E-state index contributed by atoms with van der Waals surface area (Å²) in [5.41, 5.74) is 0. The average Bonchev–Trinajstić information content (AvgIpc) is 3.05. The Bertz CT molecular complexity index is 1230. The number of carboxylic acid groups (broad SMARTS) is 1. The predicted molar refractivity (Wildman–Crippen MR) is 178 cm³/mol. The molecule has 0 unspecified atom stereocenters. The second-order valence-corrected chi connectivity index (χ2v) is 10.8. The molecule has 0 radical (unpaired) electrons. The van der Waals surface area contributed by atoms with Crippen molar-refractivity contribution in [2.45, 2.75) is 13.8 Å². The lowest BCUT2D eigenvalue weighted by Gasteiger charge is -2.23. The lowest BCUT2D eigenvalue weighted by molar-refractivity contribution is -0.142. The number of carbonyl (C=O) groups excluding carboxylic acids is 9. The molecular formula is C29H52N10O11. The first kappa shape index (κ1) is 46.8. The fraction of sp³-hybridized carbons (Fsp3) is 0.655. The van der Waals surface area contributed by atoms with E-state index in [1.165, 1.54) is 47.2 Å². The normalized spacial score (nSPS) is 9.86. The lowest BCUT2D eigenvalue weighted by Crippen LogP contribution is -2.48. The van der Waals surface area contributed by atoms with Gasteiger partial charge in [-0.15, -0.1) is 0 Å². The van der Waals surface area contributed by atoms with Gasteiger partial charge in [0.1, 0.15) is 6.54 Å². The summed E-state index contributed by atoms with van der Waals surface area (Å²) in [6, 6.07) is 0. The molecular weight excluding hydrogens is 664 g/mol. The molecule has 284 valence electrons. The van der Waals surface area contributed by atoms with Gasteiger partial charge in [-0.25, -0.2) is 0 Å². The molecule has 21 heteroatoms. The Kier molecular flexibility index (Phi) is 23.2. The number of aliphatic carboxylic acids is 1. The van der Waals surface area contributed by atoms with Gasteiger partial charge in [0.2, 0.25) is 53.2 Å². The summed E-state index contributed by atoms with van der Waals surface area (Å²) in [5, 5.41) is 18.0. The Balaban J connectivity index is 0. The lowest BCUT2D eigenvalue weighted by atomic mass is 10.4. The summed E-state index contributed by atoms with van der Waals surface area (Å²) in [4.78, 5) is 127. The molecule has 0 heterocycles. The molecule has 0 atom stereocenters. The van der Waals surface area contributed by atoms with Crippen molar-refractivity contribution in [3.05, 3.63) is 0 Å². The number of nitrogens with one attached hydrogen (secondary N) is 4. The van der Waals surface area contributed by atoms with Gasteiger partial charge >= 0.3 is 5.97 Å². The smallest absolute Gasteiger partial charge is 0.322 e. The van der Waals surface area contributed by atoms with Crippen molar-refractivity contribution in [2.75, 3.05) is 115 Å². The molecule has 0 aliphatic rings. The highest BCUT2D eigenvalue weighted by atomic mass is 16.4. The molecule has 5 N–H and O–H groups in total. The highest BCUT2D eigenvalue weighted by Gasteiger charge is 2.22. The van der Waals surface area contributed by atoms with Gasteiger partial charge in [-0.3, -0.25) is 47.9 Å². The number of hydrogen-bond acceptors (Lipinski definition) is 11. The van der Waals surface area contributed by atoms with Crippen LogP contribution in [-0.2, 0) is 47.9 Å². The SMILES string of the molecule is CC.CNCC(=O)N(C)CC(=O)N(C)CC(=O)NCC(=O)N(C)CC(=O)N(C)CC(=O)NCC(=O)N(C)CC(=O)N(C)CC(=O)NCC(=O)O. The first-order valence-corrected chi connectivity index (χ1v) is 15.4. The Morgan fingerprint density at radius 3 is 0.900 bits per heavy atom. The number of carbonyl (C=O) groups is 10. The molecule has 0 aromatic carbocycles. The van der Waals surface area contributed by atoms with Gasteiger partial charge in [-0.2, -0.15) is 0 Å². The Labute approximate surface area is 291 Å². The van der Waals surface area contributed by atoms with Gasteiger partial charge in [0.05, 0.1) is 58.9 Å². The van der Waals surface area contributed by atoms with Crippen LogP contribution in [0.15, 0.2) is 0 Å². The molecule has 21 nitrogen and oxygen atoms in total. The van der Waals surface area contributed by atoms with E-state index in [2.05, 4.69) is 21.3 Å². The summed E-state index contributed by atoms with van der Waals surface area (Å²) in [5.74, 6) is -6.63. The second kappa shape index (κ2) is 24.7. The quantitative estimate of drug-likeness (QED) is 0.0791. The van der Waals surface area contributed by atoms with Crippen molar-refractivity contribution in [3.8, 4) is 0 Å². The summed E-state index contributed by atoms with van der Waals surface area (Å²) >= 11 is 0. The van der Waals surface area contributed by atoms with Crippen LogP contribution < -0.4 is 21.3 Å². The van der Waals surface area contributed by atoms with Crippen LogP contribution in [0.2, 0.25) is 0 Å². The van der Waals surface area contributed by atoms with Crippen molar-refractivity contribution >= 4 is 59.1 Å². The third kappa shape index (κ3) is 20.1. The minimum Gasteiger partial charge on any atom is -0.480 e. The van der Waals surface area contributed by atoms with Crippen molar-refractivity contribution in [1.82, 2.24) is 50.7 Å². The second-order valence-electron chi connectivity index (χ2n) is 10.8. The number of likely N-dealkylation sites (N-methyl/N-ethyl adjacent to an activating group) is 7. The third-order valence-corrected chi connectivity index (χ3v) is 6.45. The fourth-order valence-corrected chi connectivity index (χ4v) is 3.39. The van der Waals surface area contributed by atoms with Crippen molar-refractivity contribution in [2.24, 2.45) is 0 Å². The number of nitrogens with zero attached hydrogens (tertiary/aromatic N) is 6. The molecule has 0 aromatic rings. The van der Waals surface area contributed by atoms with Gasteiger partial charge in [0.25, 0.3) is 0 Å². The topological polar surface area (TPSA) is 258 Å². The minimum absolute atomic E-state index is 0.0453. The van der Waals surface area contributed by atoms with E-state index in [4.69, 9.17) is 5.11 Å². The van der Waals surface area contributed by atoms with Crippen LogP contribution in [0.1, 0.15) is 13.8 Å². The zero-order valence-electron chi connectivity index (χ0n) is 30.3. The average molecular weight is 717 g/mol. The number of hydrogen-bond donors (Lipinski definition) is 5. The summed E-state index contributed by atoms with van der Waals surface area (Å²) in [6.07, 6.45) is 0. The van der Waals surface area contributed by atoms with Gasteiger partial charge < -0.3 is 55.8 Å². The predicted octanol–water partition coefficient (Wildman–Crippen LogP) is -5.58. The summed E-state index contributed by atoms with van der Waals surface area (Å²) in [7, 11) is 9.59. The van der Waals surface area contributed by atoms with Gasteiger partial charge in [0.15, 0.2) is 0 Å². The molecule has 0 aliphatic carbocycles. The largest absolute Gasteiger partial charge is 0.480 e. The molecule has 0 spiro atoms.